The fraction of sp³-hybridized carbons (Fsp3) is 1.00. The summed E-state index contributed by atoms with van der Waals surface area (Å²) in [5, 5.41) is 0. The molecule has 2 aliphatic heterocycles. The van der Waals surface area contributed by atoms with Crippen LogP contribution in [0.2, 0.25) is 0 Å². The monoisotopic (exact) mass is 211 g/mol. The Morgan fingerprint density at radius 1 is 1.27 bits per heavy atom. The molecule has 2 saturated heterocycles. The Balaban J connectivity index is 2.00. The Labute approximate surface area is 94.0 Å². The summed E-state index contributed by atoms with van der Waals surface area (Å²) in [7, 11) is 0. The first-order chi connectivity index (χ1) is 7.03. The van der Waals surface area contributed by atoms with Gasteiger partial charge < -0.3 is 4.74 Å². The molecule has 0 aromatic heterocycles. The zero-order chi connectivity index (χ0) is 11.1. The third-order valence-electron chi connectivity index (χ3n) is 3.90. The van der Waals surface area contributed by atoms with E-state index in [0.717, 1.165) is 25.0 Å². The van der Waals surface area contributed by atoms with Crippen LogP contribution in [0.15, 0.2) is 0 Å². The maximum atomic E-state index is 5.45. The predicted molar refractivity (Wildman–Crippen MR) is 63.0 cm³/mol. The maximum Gasteiger partial charge on any atom is 0.0684 e. The first-order valence-corrected chi connectivity index (χ1v) is 6.38. The van der Waals surface area contributed by atoms with Crippen molar-refractivity contribution in [1.29, 1.82) is 0 Å². The van der Waals surface area contributed by atoms with Crippen molar-refractivity contribution in [2.45, 2.75) is 52.1 Å². The van der Waals surface area contributed by atoms with E-state index >= 15 is 0 Å². The van der Waals surface area contributed by atoms with E-state index in [9.17, 15) is 0 Å². The Bertz CT molecular complexity index is 221. The molecule has 1 atom stereocenters. The van der Waals surface area contributed by atoms with E-state index in [1.165, 1.54) is 19.4 Å². The van der Waals surface area contributed by atoms with Crippen molar-refractivity contribution < 1.29 is 4.74 Å². The second kappa shape index (κ2) is 4.06. The van der Waals surface area contributed by atoms with E-state index < -0.39 is 0 Å². The fourth-order valence-electron chi connectivity index (χ4n) is 3.40. The molecule has 0 bridgehead atoms. The molecule has 2 nitrogen and oxygen atoms in total. The first-order valence-electron chi connectivity index (χ1n) is 6.38. The van der Waals surface area contributed by atoms with E-state index in [0.29, 0.717) is 11.6 Å². The van der Waals surface area contributed by atoms with Gasteiger partial charge in [0.05, 0.1) is 18.8 Å². The van der Waals surface area contributed by atoms with Crippen molar-refractivity contribution in [2.75, 3.05) is 19.8 Å². The van der Waals surface area contributed by atoms with Crippen LogP contribution in [0.5, 0.6) is 0 Å². The van der Waals surface area contributed by atoms with Gasteiger partial charge >= 0.3 is 0 Å². The Kier molecular flexibility index (Phi) is 3.09. The molecule has 0 radical (unpaired) electrons. The molecule has 2 fully saturated rings. The van der Waals surface area contributed by atoms with E-state index in [-0.39, 0.29) is 0 Å². The van der Waals surface area contributed by atoms with Crippen LogP contribution >= 0.6 is 0 Å². The predicted octanol–water partition coefficient (Wildman–Crippen LogP) is 2.53. The van der Waals surface area contributed by atoms with Gasteiger partial charge in [-0.2, -0.15) is 0 Å². The molecule has 15 heavy (non-hydrogen) atoms. The Hall–Kier alpha value is -0.0800. The standard InChI is InChI=1S/C13H25NO/c1-10(2)5-12-6-13(8-15-9-13)14(7-12)11(3)4/h10-12H,5-9H2,1-4H3. The molecule has 0 aromatic carbocycles. The second-order valence-corrected chi connectivity index (χ2v) is 6.16. The Morgan fingerprint density at radius 2 is 1.93 bits per heavy atom. The minimum atomic E-state index is 0.424. The van der Waals surface area contributed by atoms with Gasteiger partial charge in [-0.3, -0.25) is 4.90 Å². The van der Waals surface area contributed by atoms with Crippen LogP contribution in [0.1, 0.15) is 40.5 Å². The first kappa shape index (κ1) is 11.4. The van der Waals surface area contributed by atoms with Gasteiger partial charge in [-0.1, -0.05) is 13.8 Å². The van der Waals surface area contributed by atoms with E-state index in [1.54, 1.807) is 0 Å². The van der Waals surface area contributed by atoms with Crippen LogP contribution in [-0.2, 0) is 4.74 Å². The third-order valence-corrected chi connectivity index (χ3v) is 3.90. The minimum Gasteiger partial charge on any atom is -0.377 e. The number of hydrogen-bond donors (Lipinski definition) is 0. The van der Waals surface area contributed by atoms with Gasteiger partial charge in [0.2, 0.25) is 0 Å². The highest BCUT2D eigenvalue weighted by molar-refractivity contribution is 5.04. The number of ether oxygens (including phenoxy) is 1. The van der Waals surface area contributed by atoms with Crippen molar-refractivity contribution >= 4 is 0 Å². The largest absolute Gasteiger partial charge is 0.377 e. The van der Waals surface area contributed by atoms with E-state index in [2.05, 4.69) is 32.6 Å². The van der Waals surface area contributed by atoms with Crippen molar-refractivity contribution in [1.82, 2.24) is 4.90 Å². The number of hydrogen-bond acceptors (Lipinski definition) is 2. The highest BCUT2D eigenvalue weighted by atomic mass is 16.5. The van der Waals surface area contributed by atoms with Crippen LogP contribution in [0, 0.1) is 11.8 Å². The van der Waals surface area contributed by atoms with Gasteiger partial charge in [0.25, 0.3) is 0 Å². The van der Waals surface area contributed by atoms with Crippen LogP contribution in [0.3, 0.4) is 0 Å². The highest BCUT2D eigenvalue weighted by Crippen LogP contribution is 2.42. The summed E-state index contributed by atoms with van der Waals surface area (Å²) in [6.07, 6.45) is 2.74. The normalized spacial score (nSPS) is 30.4. The second-order valence-electron chi connectivity index (χ2n) is 6.16. The van der Waals surface area contributed by atoms with Gasteiger partial charge in [0.1, 0.15) is 0 Å². The van der Waals surface area contributed by atoms with Crippen LogP contribution in [0.4, 0.5) is 0 Å². The van der Waals surface area contributed by atoms with Crippen molar-refractivity contribution in [3.05, 3.63) is 0 Å². The van der Waals surface area contributed by atoms with E-state index in [4.69, 9.17) is 4.74 Å². The molecule has 2 heteroatoms. The molecule has 2 heterocycles. The summed E-state index contributed by atoms with van der Waals surface area (Å²) >= 11 is 0. The number of rotatable bonds is 3. The molecule has 88 valence electrons. The average molecular weight is 211 g/mol. The molecule has 2 aliphatic rings. The smallest absolute Gasteiger partial charge is 0.0684 e. The lowest BCUT2D eigenvalue weighted by Crippen LogP contribution is -2.60. The topological polar surface area (TPSA) is 12.5 Å². The van der Waals surface area contributed by atoms with Gasteiger partial charge in [-0.25, -0.2) is 0 Å². The average Bonchev–Trinajstić information content (AvgIpc) is 2.41. The molecule has 0 saturated carbocycles. The van der Waals surface area contributed by atoms with Crippen LogP contribution in [0.25, 0.3) is 0 Å². The van der Waals surface area contributed by atoms with Crippen LogP contribution in [-0.4, -0.2) is 36.2 Å². The molecular weight excluding hydrogens is 186 g/mol. The summed E-state index contributed by atoms with van der Waals surface area (Å²) in [6, 6.07) is 0.672. The zero-order valence-electron chi connectivity index (χ0n) is 10.6. The molecule has 1 unspecified atom stereocenters. The van der Waals surface area contributed by atoms with E-state index in [1.807, 2.05) is 0 Å². The molecule has 0 aromatic rings. The van der Waals surface area contributed by atoms with Gasteiger partial charge in [0.15, 0.2) is 0 Å². The minimum absolute atomic E-state index is 0.424. The van der Waals surface area contributed by atoms with Crippen LogP contribution < -0.4 is 0 Å². The maximum absolute atomic E-state index is 5.45. The third kappa shape index (κ3) is 2.07. The molecule has 0 N–H and O–H groups in total. The molecule has 1 spiro atoms. The molecule has 0 aliphatic carbocycles. The van der Waals surface area contributed by atoms with Gasteiger partial charge in [-0.05, 0) is 38.5 Å². The summed E-state index contributed by atoms with van der Waals surface area (Å²) < 4.78 is 5.45. The number of likely N-dealkylation sites (tertiary alicyclic amines) is 1. The lowest BCUT2D eigenvalue weighted by atomic mass is 9.86. The lowest BCUT2D eigenvalue weighted by Gasteiger charge is -2.47. The molecule has 0 amide bonds. The zero-order valence-corrected chi connectivity index (χ0v) is 10.6. The summed E-state index contributed by atoms with van der Waals surface area (Å²) in [5.41, 5.74) is 0.424. The summed E-state index contributed by atoms with van der Waals surface area (Å²) in [6.45, 7) is 12.5. The van der Waals surface area contributed by atoms with Crippen molar-refractivity contribution in [3.8, 4) is 0 Å². The molecular formula is C13H25NO. The number of nitrogens with zero attached hydrogens (tertiary/aromatic N) is 1. The SMILES string of the molecule is CC(C)CC1CN(C(C)C)C2(COC2)C1. The lowest BCUT2D eigenvalue weighted by molar-refractivity contribution is -0.131. The molecule has 2 rings (SSSR count). The van der Waals surface area contributed by atoms with Crippen molar-refractivity contribution in [2.24, 2.45) is 11.8 Å². The Morgan fingerprint density at radius 3 is 2.27 bits per heavy atom. The van der Waals surface area contributed by atoms with Crippen molar-refractivity contribution in [3.63, 3.8) is 0 Å². The fourth-order valence-corrected chi connectivity index (χ4v) is 3.40. The summed E-state index contributed by atoms with van der Waals surface area (Å²) in [5.74, 6) is 1.73. The summed E-state index contributed by atoms with van der Waals surface area (Å²) in [4.78, 5) is 2.68. The highest BCUT2D eigenvalue weighted by Gasteiger charge is 2.51. The quantitative estimate of drug-likeness (QED) is 0.711. The van der Waals surface area contributed by atoms with Gasteiger partial charge in [0, 0.05) is 12.6 Å². The van der Waals surface area contributed by atoms with Gasteiger partial charge in [-0.15, -0.1) is 0 Å².